The Morgan fingerprint density at radius 1 is 1.25 bits per heavy atom. The summed E-state index contributed by atoms with van der Waals surface area (Å²) < 4.78 is 1.87. The molecule has 0 bridgehead atoms. The number of carbonyl (C=O) groups excluding carboxylic acids is 3. The second-order valence-electron chi connectivity index (χ2n) is 7.42. The predicted molar refractivity (Wildman–Crippen MR) is 103 cm³/mol. The topological polar surface area (TPSA) is 96.3 Å². The van der Waals surface area contributed by atoms with E-state index in [1.54, 1.807) is 20.0 Å². The van der Waals surface area contributed by atoms with Crippen LogP contribution in [0.1, 0.15) is 44.1 Å². The SMILES string of the molecule is Cn1ccnc1[C@@H](NC(=O)CCCN1C(=O)NC(C)(C)C1=O)c1ccccc1. The lowest BCUT2D eigenvalue weighted by Crippen LogP contribution is -2.40. The maximum Gasteiger partial charge on any atom is 0.325 e. The minimum atomic E-state index is -0.893. The number of urea groups is 1. The molecule has 0 aliphatic carbocycles. The molecule has 8 heteroatoms. The molecule has 1 aromatic carbocycles. The van der Waals surface area contributed by atoms with Crippen LogP contribution in [0.15, 0.2) is 42.7 Å². The molecule has 2 heterocycles. The number of imidazole rings is 1. The van der Waals surface area contributed by atoms with Gasteiger partial charge in [-0.2, -0.15) is 0 Å². The quantitative estimate of drug-likeness (QED) is 0.712. The Balaban J connectivity index is 1.61. The molecule has 1 fully saturated rings. The van der Waals surface area contributed by atoms with Crippen molar-refractivity contribution in [3.05, 3.63) is 54.1 Å². The Bertz CT molecular complexity index is 875. The van der Waals surface area contributed by atoms with Crippen LogP contribution in [-0.4, -0.2) is 44.4 Å². The predicted octanol–water partition coefficient (Wildman–Crippen LogP) is 1.74. The zero-order valence-corrected chi connectivity index (χ0v) is 16.3. The molecule has 1 aliphatic rings. The Labute approximate surface area is 163 Å². The van der Waals surface area contributed by atoms with Crippen LogP contribution in [0, 0.1) is 0 Å². The van der Waals surface area contributed by atoms with E-state index in [1.165, 1.54) is 4.90 Å². The van der Waals surface area contributed by atoms with E-state index >= 15 is 0 Å². The number of benzene rings is 1. The number of carbonyl (C=O) groups is 3. The van der Waals surface area contributed by atoms with Crippen LogP contribution < -0.4 is 10.6 Å². The van der Waals surface area contributed by atoms with Crippen molar-refractivity contribution in [3.8, 4) is 0 Å². The maximum absolute atomic E-state index is 12.5. The van der Waals surface area contributed by atoms with Crippen LogP contribution in [0.2, 0.25) is 0 Å². The van der Waals surface area contributed by atoms with E-state index in [0.717, 1.165) is 11.4 Å². The van der Waals surface area contributed by atoms with Crippen LogP contribution in [0.3, 0.4) is 0 Å². The summed E-state index contributed by atoms with van der Waals surface area (Å²) in [4.78, 5) is 42.2. The highest BCUT2D eigenvalue weighted by molar-refractivity contribution is 6.06. The largest absolute Gasteiger partial charge is 0.342 e. The molecule has 28 heavy (non-hydrogen) atoms. The van der Waals surface area contributed by atoms with Crippen molar-refractivity contribution in [2.75, 3.05) is 6.54 Å². The smallest absolute Gasteiger partial charge is 0.325 e. The summed E-state index contributed by atoms with van der Waals surface area (Å²) >= 11 is 0. The van der Waals surface area contributed by atoms with Gasteiger partial charge in [0.2, 0.25) is 5.91 Å². The third kappa shape index (κ3) is 4.05. The molecule has 2 N–H and O–H groups in total. The van der Waals surface area contributed by atoms with E-state index in [-0.39, 0.29) is 30.8 Å². The highest BCUT2D eigenvalue weighted by Crippen LogP contribution is 2.21. The molecule has 0 saturated carbocycles. The van der Waals surface area contributed by atoms with Crippen LogP contribution in [0.25, 0.3) is 0 Å². The molecule has 0 unspecified atom stereocenters. The van der Waals surface area contributed by atoms with E-state index in [2.05, 4.69) is 15.6 Å². The molecular formula is C20H25N5O3. The molecule has 1 atom stereocenters. The third-order valence-electron chi connectivity index (χ3n) is 4.78. The number of imide groups is 1. The van der Waals surface area contributed by atoms with Gasteiger partial charge in [0.15, 0.2) is 0 Å². The number of nitrogens with zero attached hydrogens (tertiary/aromatic N) is 3. The molecule has 4 amide bonds. The fraction of sp³-hybridized carbons (Fsp3) is 0.400. The van der Waals surface area contributed by atoms with E-state index in [9.17, 15) is 14.4 Å². The molecule has 0 radical (unpaired) electrons. The molecule has 3 rings (SSSR count). The van der Waals surface area contributed by atoms with Crippen LogP contribution >= 0.6 is 0 Å². The Morgan fingerprint density at radius 3 is 2.54 bits per heavy atom. The van der Waals surface area contributed by atoms with Gasteiger partial charge in [-0.25, -0.2) is 9.78 Å². The first kappa shape index (κ1) is 19.6. The van der Waals surface area contributed by atoms with E-state index in [0.29, 0.717) is 6.42 Å². The average molecular weight is 383 g/mol. The van der Waals surface area contributed by atoms with Crippen molar-refractivity contribution in [2.24, 2.45) is 7.05 Å². The Kier molecular flexibility index (Phi) is 5.48. The highest BCUT2D eigenvalue weighted by atomic mass is 16.2. The van der Waals surface area contributed by atoms with Gasteiger partial charge in [0.1, 0.15) is 17.4 Å². The van der Waals surface area contributed by atoms with Crippen LogP contribution in [-0.2, 0) is 16.6 Å². The first-order valence-corrected chi connectivity index (χ1v) is 9.25. The molecule has 0 spiro atoms. The first-order valence-electron chi connectivity index (χ1n) is 9.25. The van der Waals surface area contributed by atoms with Crippen LogP contribution in [0.5, 0.6) is 0 Å². The number of aryl methyl sites for hydroxylation is 1. The van der Waals surface area contributed by atoms with Gasteiger partial charge in [0.05, 0.1) is 0 Å². The van der Waals surface area contributed by atoms with Crippen molar-refractivity contribution in [3.63, 3.8) is 0 Å². The molecule has 1 aliphatic heterocycles. The van der Waals surface area contributed by atoms with Crippen molar-refractivity contribution in [2.45, 2.75) is 38.3 Å². The standard InChI is InChI=1S/C20H25N5O3/c1-20(2)18(27)25(19(28)23-20)12-7-10-15(26)22-16(14-8-5-4-6-9-14)17-21-11-13-24(17)3/h4-6,8-9,11,13,16H,7,10,12H2,1-3H3,(H,22,26)(H,23,28)/t16-/m0/s1. The van der Waals surface area contributed by atoms with Gasteiger partial charge in [0.25, 0.3) is 5.91 Å². The number of aromatic nitrogens is 2. The van der Waals surface area contributed by atoms with Gasteiger partial charge in [-0.3, -0.25) is 14.5 Å². The van der Waals surface area contributed by atoms with E-state index < -0.39 is 11.6 Å². The first-order chi connectivity index (χ1) is 13.3. The maximum atomic E-state index is 12.5. The lowest BCUT2D eigenvalue weighted by molar-refractivity contribution is -0.130. The van der Waals surface area contributed by atoms with E-state index in [1.807, 2.05) is 48.1 Å². The summed E-state index contributed by atoms with van der Waals surface area (Å²) in [5, 5.41) is 5.65. The summed E-state index contributed by atoms with van der Waals surface area (Å²) in [5.41, 5.74) is 0.0386. The second-order valence-corrected chi connectivity index (χ2v) is 7.42. The number of rotatable bonds is 7. The van der Waals surface area contributed by atoms with Crippen molar-refractivity contribution in [1.82, 2.24) is 25.1 Å². The van der Waals surface area contributed by atoms with Gasteiger partial charge >= 0.3 is 6.03 Å². The number of hydrogen-bond donors (Lipinski definition) is 2. The van der Waals surface area contributed by atoms with Gasteiger partial charge in [-0.05, 0) is 25.8 Å². The summed E-state index contributed by atoms with van der Waals surface area (Å²) in [6, 6.07) is 8.84. The summed E-state index contributed by atoms with van der Waals surface area (Å²) in [6.45, 7) is 3.54. The monoisotopic (exact) mass is 383 g/mol. The van der Waals surface area contributed by atoms with Gasteiger partial charge in [0, 0.05) is 32.4 Å². The Hall–Kier alpha value is -3.16. The van der Waals surface area contributed by atoms with E-state index in [4.69, 9.17) is 0 Å². The molecule has 2 aromatic rings. The highest BCUT2D eigenvalue weighted by Gasteiger charge is 2.43. The Morgan fingerprint density at radius 2 is 1.96 bits per heavy atom. The van der Waals surface area contributed by atoms with Crippen molar-refractivity contribution in [1.29, 1.82) is 0 Å². The number of amides is 4. The van der Waals surface area contributed by atoms with Crippen molar-refractivity contribution < 1.29 is 14.4 Å². The minimum absolute atomic E-state index is 0.164. The van der Waals surface area contributed by atoms with Crippen LogP contribution in [0.4, 0.5) is 4.79 Å². The zero-order chi connectivity index (χ0) is 20.3. The summed E-state index contributed by atoms with van der Waals surface area (Å²) in [7, 11) is 1.88. The average Bonchev–Trinajstić information content (AvgIpc) is 3.16. The van der Waals surface area contributed by atoms with Crippen molar-refractivity contribution >= 4 is 17.8 Å². The van der Waals surface area contributed by atoms with Gasteiger partial charge in [-0.1, -0.05) is 30.3 Å². The molecule has 1 aromatic heterocycles. The third-order valence-corrected chi connectivity index (χ3v) is 4.78. The summed E-state index contributed by atoms with van der Waals surface area (Å²) in [6.07, 6.45) is 4.11. The molecule has 1 saturated heterocycles. The minimum Gasteiger partial charge on any atom is -0.342 e. The molecular weight excluding hydrogens is 358 g/mol. The number of hydrogen-bond acceptors (Lipinski definition) is 4. The lowest BCUT2D eigenvalue weighted by atomic mass is 10.1. The second kappa shape index (κ2) is 7.84. The normalized spacial score (nSPS) is 16.8. The molecule has 8 nitrogen and oxygen atoms in total. The fourth-order valence-electron chi connectivity index (χ4n) is 3.25. The lowest BCUT2D eigenvalue weighted by Gasteiger charge is -2.20. The number of nitrogens with one attached hydrogen (secondary N) is 2. The van der Waals surface area contributed by atoms with Gasteiger partial charge < -0.3 is 15.2 Å². The fourth-order valence-corrected chi connectivity index (χ4v) is 3.25. The molecule has 148 valence electrons. The summed E-state index contributed by atoms with van der Waals surface area (Å²) in [5.74, 6) is 0.298. The van der Waals surface area contributed by atoms with Gasteiger partial charge in [-0.15, -0.1) is 0 Å². The zero-order valence-electron chi connectivity index (χ0n) is 16.3.